The highest BCUT2D eigenvalue weighted by molar-refractivity contribution is 6.35. The Balaban J connectivity index is 1.61. The molecule has 2 saturated heterocycles. The van der Waals surface area contributed by atoms with Crippen molar-refractivity contribution >= 4 is 46.4 Å². The minimum absolute atomic E-state index is 0.312. The third-order valence-electron chi connectivity index (χ3n) is 5.70. The van der Waals surface area contributed by atoms with Crippen molar-refractivity contribution in [3.63, 3.8) is 0 Å². The lowest BCUT2D eigenvalue weighted by molar-refractivity contribution is -0.126. The number of hydroxylamine groups is 1. The molecule has 2 aliphatic heterocycles. The fourth-order valence-electron chi connectivity index (χ4n) is 4.22. The van der Waals surface area contributed by atoms with Gasteiger partial charge in [-0.2, -0.15) is 0 Å². The van der Waals surface area contributed by atoms with Gasteiger partial charge in [-0.15, -0.1) is 0 Å². The van der Waals surface area contributed by atoms with Crippen LogP contribution in [-0.2, 0) is 14.4 Å². The Bertz CT molecular complexity index is 1170. The Morgan fingerprint density at radius 1 is 0.839 bits per heavy atom. The second kappa shape index (κ2) is 7.68. The highest BCUT2D eigenvalue weighted by atomic mass is 35.5. The summed E-state index contributed by atoms with van der Waals surface area (Å²) in [7, 11) is 0. The summed E-state index contributed by atoms with van der Waals surface area (Å²) in [6, 6.07) is 21.2. The van der Waals surface area contributed by atoms with Crippen molar-refractivity contribution in [2.45, 2.75) is 19.1 Å². The lowest BCUT2D eigenvalue weighted by Crippen LogP contribution is -2.37. The summed E-state index contributed by atoms with van der Waals surface area (Å²) in [5.41, 5.74) is 2.98. The topological polar surface area (TPSA) is 49.9 Å². The first-order chi connectivity index (χ1) is 15.0. The molecule has 0 saturated carbocycles. The molecule has 5 rings (SSSR count). The van der Waals surface area contributed by atoms with Crippen molar-refractivity contribution in [3.05, 3.63) is 94.0 Å². The van der Waals surface area contributed by atoms with Crippen LogP contribution in [0, 0.1) is 12.8 Å². The highest BCUT2D eigenvalue weighted by Gasteiger charge is 2.60. The van der Waals surface area contributed by atoms with E-state index in [1.807, 2.05) is 49.4 Å². The zero-order chi connectivity index (χ0) is 21.7. The maximum Gasteiger partial charge on any atom is 0.266 e. The molecule has 0 N–H and O–H groups in total. The third kappa shape index (κ3) is 3.30. The average molecular weight is 453 g/mol. The fourth-order valence-corrected chi connectivity index (χ4v) is 4.74. The molecule has 2 aliphatic rings. The molecule has 156 valence electrons. The molecule has 0 radical (unpaired) electrons. The molecule has 5 nitrogen and oxygen atoms in total. The number of aryl methyl sites for hydroxylation is 1. The van der Waals surface area contributed by atoms with Crippen LogP contribution in [0.5, 0.6) is 0 Å². The van der Waals surface area contributed by atoms with Gasteiger partial charge in [0.1, 0.15) is 5.92 Å². The average Bonchev–Trinajstić information content (AvgIpc) is 3.26. The van der Waals surface area contributed by atoms with Crippen molar-refractivity contribution in [3.8, 4) is 0 Å². The zero-order valence-electron chi connectivity index (χ0n) is 16.5. The van der Waals surface area contributed by atoms with Gasteiger partial charge in [-0.3, -0.25) is 14.4 Å². The molecule has 3 atom stereocenters. The van der Waals surface area contributed by atoms with Crippen molar-refractivity contribution < 1.29 is 14.4 Å². The second-order valence-electron chi connectivity index (χ2n) is 7.67. The van der Waals surface area contributed by atoms with E-state index in [1.54, 1.807) is 35.4 Å². The number of para-hydroxylation sites is 1. The first-order valence-corrected chi connectivity index (χ1v) is 10.6. The number of carbonyl (C=O) groups is 2. The van der Waals surface area contributed by atoms with E-state index in [-0.39, 0.29) is 11.8 Å². The van der Waals surface area contributed by atoms with Gasteiger partial charge >= 0.3 is 0 Å². The van der Waals surface area contributed by atoms with Gasteiger partial charge in [0.25, 0.3) is 5.91 Å². The van der Waals surface area contributed by atoms with E-state index < -0.39 is 18.1 Å². The molecule has 0 unspecified atom stereocenters. The maximum atomic E-state index is 13.6. The lowest BCUT2D eigenvalue weighted by Gasteiger charge is -2.29. The molecule has 2 amide bonds. The van der Waals surface area contributed by atoms with Gasteiger partial charge in [-0.1, -0.05) is 65.2 Å². The van der Waals surface area contributed by atoms with Crippen LogP contribution in [0.4, 0.5) is 11.4 Å². The predicted octanol–water partition coefficient (Wildman–Crippen LogP) is 5.35. The van der Waals surface area contributed by atoms with Gasteiger partial charge in [0.15, 0.2) is 6.10 Å². The van der Waals surface area contributed by atoms with Crippen LogP contribution in [0.3, 0.4) is 0 Å². The minimum atomic E-state index is -0.939. The summed E-state index contributed by atoms with van der Waals surface area (Å²) < 4.78 is 0. The summed E-state index contributed by atoms with van der Waals surface area (Å²) in [4.78, 5) is 34.2. The molecule has 7 heteroatoms. The molecule has 3 aromatic rings. The van der Waals surface area contributed by atoms with Crippen molar-refractivity contribution in [1.82, 2.24) is 0 Å². The molecular weight excluding hydrogens is 435 g/mol. The molecule has 0 aromatic heterocycles. The summed E-state index contributed by atoms with van der Waals surface area (Å²) in [6.45, 7) is 1.95. The largest absolute Gasteiger partial charge is 0.273 e. The molecule has 31 heavy (non-hydrogen) atoms. The van der Waals surface area contributed by atoms with Gasteiger partial charge in [0, 0.05) is 10.0 Å². The normalized spacial score (nSPS) is 22.9. The Morgan fingerprint density at radius 3 is 2.23 bits per heavy atom. The minimum Gasteiger partial charge on any atom is -0.273 e. The van der Waals surface area contributed by atoms with E-state index in [2.05, 4.69) is 0 Å². The number of fused-ring (bicyclic) bond motifs is 1. The molecule has 0 bridgehead atoms. The number of imide groups is 1. The molecule has 2 fully saturated rings. The Morgan fingerprint density at radius 2 is 1.55 bits per heavy atom. The number of nitrogens with zero attached hydrogens (tertiary/aromatic N) is 2. The monoisotopic (exact) mass is 452 g/mol. The Kier molecular flexibility index (Phi) is 4.97. The number of hydrogen-bond donors (Lipinski definition) is 0. The van der Waals surface area contributed by atoms with Gasteiger partial charge in [-0.25, -0.2) is 9.96 Å². The van der Waals surface area contributed by atoms with Crippen LogP contribution in [0.15, 0.2) is 72.8 Å². The lowest BCUT2D eigenvalue weighted by atomic mass is 9.90. The van der Waals surface area contributed by atoms with Crippen molar-refractivity contribution in [2.75, 3.05) is 9.96 Å². The van der Waals surface area contributed by atoms with E-state index in [9.17, 15) is 9.59 Å². The number of carbonyl (C=O) groups excluding carboxylic acids is 2. The van der Waals surface area contributed by atoms with Gasteiger partial charge < -0.3 is 0 Å². The molecular formula is C24H18Cl2N2O3. The van der Waals surface area contributed by atoms with Crippen molar-refractivity contribution in [1.29, 1.82) is 0 Å². The number of rotatable bonds is 3. The van der Waals surface area contributed by atoms with E-state index in [0.717, 1.165) is 11.3 Å². The molecule has 0 aliphatic carbocycles. The quantitative estimate of drug-likeness (QED) is 0.502. The zero-order valence-corrected chi connectivity index (χ0v) is 18.0. The van der Waals surface area contributed by atoms with E-state index in [4.69, 9.17) is 28.0 Å². The van der Waals surface area contributed by atoms with Crippen LogP contribution in [0.1, 0.15) is 17.2 Å². The number of benzene rings is 3. The molecule has 2 heterocycles. The summed E-state index contributed by atoms with van der Waals surface area (Å²) >= 11 is 12.6. The SMILES string of the molecule is Cc1ccc(N2C(=O)[C@@H]3[C@@H](c4ccc(Cl)cc4Cl)N(c4ccccc4)O[C@H]3C2=O)cc1. The smallest absolute Gasteiger partial charge is 0.266 e. The fraction of sp³-hybridized carbons (Fsp3) is 0.167. The molecule has 0 spiro atoms. The first kappa shape index (κ1) is 20.1. The Hall–Kier alpha value is -2.86. The second-order valence-corrected chi connectivity index (χ2v) is 8.51. The Labute approximate surface area is 189 Å². The van der Waals surface area contributed by atoms with Crippen molar-refractivity contribution in [2.24, 2.45) is 5.92 Å². The maximum absolute atomic E-state index is 13.6. The van der Waals surface area contributed by atoms with Gasteiger partial charge in [-0.05, 0) is 48.9 Å². The van der Waals surface area contributed by atoms with E-state index in [1.165, 1.54) is 4.90 Å². The van der Waals surface area contributed by atoms with Crippen LogP contribution in [0.2, 0.25) is 10.0 Å². The summed E-state index contributed by atoms with van der Waals surface area (Å²) in [6.07, 6.45) is -0.939. The number of anilines is 2. The standard InChI is InChI=1S/C24H18Cl2N2O3/c1-14-7-10-16(11-8-14)27-23(29)20-21(18-12-9-15(25)13-19(18)26)28(31-22(20)24(27)30)17-5-3-2-4-6-17/h2-13,20-22H,1H3/t20-,21-,22-/m1/s1. The predicted molar refractivity (Wildman–Crippen MR) is 120 cm³/mol. The number of amides is 2. The van der Waals surface area contributed by atoms with Crippen LogP contribution in [0.25, 0.3) is 0 Å². The van der Waals surface area contributed by atoms with Gasteiger partial charge in [0.05, 0.1) is 17.4 Å². The van der Waals surface area contributed by atoms with E-state index >= 15 is 0 Å². The van der Waals surface area contributed by atoms with Gasteiger partial charge in [0.2, 0.25) is 5.91 Å². The number of hydrogen-bond acceptors (Lipinski definition) is 4. The summed E-state index contributed by atoms with van der Waals surface area (Å²) in [5.74, 6) is -1.44. The molecule has 3 aromatic carbocycles. The third-order valence-corrected chi connectivity index (χ3v) is 6.26. The number of halogens is 2. The summed E-state index contributed by atoms with van der Waals surface area (Å²) in [5, 5.41) is 2.52. The van der Waals surface area contributed by atoms with E-state index in [0.29, 0.717) is 21.3 Å². The highest BCUT2D eigenvalue weighted by Crippen LogP contribution is 2.49. The first-order valence-electron chi connectivity index (χ1n) is 9.86. The van der Waals surface area contributed by atoms with Crippen LogP contribution < -0.4 is 9.96 Å². The van der Waals surface area contributed by atoms with Crippen LogP contribution >= 0.6 is 23.2 Å². The van der Waals surface area contributed by atoms with Crippen LogP contribution in [-0.4, -0.2) is 17.9 Å².